The van der Waals surface area contributed by atoms with Crippen molar-refractivity contribution in [3.8, 4) is 0 Å². The minimum Gasteiger partial charge on any atom is -0.448 e. The molecule has 10 heteroatoms. The molecular formula is C19H17ClF3N3O3. The monoisotopic (exact) mass is 427 g/mol. The van der Waals surface area contributed by atoms with E-state index in [2.05, 4.69) is 10.1 Å². The number of amides is 1. The van der Waals surface area contributed by atoms with Crippen LogP contribution in [0, 0.1) is 0 Å². The summed E-state index contributed by atoms with van der Waals surface area (Å²) in [6.07, 6.45) is -4.91. The number of rotatable bonds is 6. The summed E-state index contributed by atoms with van der Waals surface area (Å²) in [4.78, 5) is 21.8. The first-order valence-corrected chi connectivity index (χ1v) is 9.02. The standard InChI is InChI=1S/C19H17ClF3N3O3/c1-12(25-29-11-15-3-2-4-17(24-15)19(21,22)23)13-5-6-16(20)14(9-13)10-26-7-8-28-18(26)27/h2-6,9H,7-8,10-11H2,1H3. The van der Waals surface area contributed by atoms with Gasteiger partial charge in [0.1, 0.15) is 12.3 Å². The van der Waals surface area contributed by atoms with Crippen LogP contribution in [0.2, 0.25) is 5.02 Å². The number of hydrogen-bond donors (Lipinski definition) is 0. The number of nitrogens with zero attached hydrogens (tertiary/aromatic N) is 3. The number of aromatic nitrogens is 1. The summed E-state index contributed by atoms with van der Waals surface area (Å²) in [7, 11) is 0. The van der Waals surface area contributed by atoms with Gasteiger partial charge in [-0.3, -0.25) is 0 Å². The molecule has 1 aromatic carbocycles. The van der Waals surface area contributed by atoms with Crippen LogP contribution in [0.15, 0.2) is 41.6 Å². The van der Waals surface area contributed by atoms with Gasteiger partial charge in [-0.25, -0.2) is 9.78 Å². The van der Waals surface area contributed by atoms with Gasteiger partial charge in [-0.1, -0.05) is 28.9 Å². The van der Waals surface area contributed by atoms with Gasteiger partial charge in [0.2, 0.25) is 0 Å². The average Bonchev–Trinajstić information content (AvgIpc) is 3.07. The number of carbonyl (C=O) groups is 1. The number of pyridine rings is 1. The Labute approximate surface area is 169 Å². The van der Waals surface area contributed by atoms with Crippen molar-refractivity contribution in [2.45, 2.75) is 26.3 Å². The molecule has 154 valence electrons. The molecule has 1 fully saturated rings. The third kappa shape index (κ3) is 5.38. The van der Waals surface area contributed by atoms with Crippen molar-refractivity contribution < 1.29 is 27.5 Å². The van der Waals surface area contributed by atoms with E-state index in [0.29, 0.717) is 36.0 Å². The zero-order chi connectivity index (χ0) is 21.0. The van der Waals surface area contributed by atoms with Crippen LogP contribution in [0.3, 0.4) is 0 Å². The molecule has 2 aromatic rings. The normalized spacial score (nSPS) is 14.9. The second-order valence-electron chi connectivity index (χ2n) is 6.30. The highest BCUT2D eigenvalue weighted by molar-refractivity contribution is 6.31. The number of cyclic esters (lactones) is 1. The van der Waals surface area contributed by atoms with Crippen LogP contribution in [-0.2, 0) is 28.9 Å². The summed E-state index contributed by atoms with van der Waals surface area (Å²) in [5.41, 5.74) is 1.05. The van der Waals surface area contributed by atoms with Crippen LogP contribution >= 0.6 is 11.6 Å². The maximum absolute atomic E-state index is 12.7. The maximum Gasteiger partial charge on any atom is 0.433 e. The van der Waals surface area contributed by atoms with Crippen molar-refractivity contribution in [1.82, 2.24) is 9.88 Å². The van der Waals surface area contributed by atoms with E-state index in [9.17, 15) is 18.0 Å². The van der Waals surface area contributed by atoms with Crippen LogP contribution in [0.25, 0.3) is 0 Å². The highest BCUT2D eigenvalue weighted by Gasteiger charge is 2.32. The molecule has 0 aliphatic carbocycles. The molecule has 0 atom stereocenters. The molecule has 1 aromatic heterocycles. The van der Waals surface area contributed by atoms with Crippen LogP contribution < -0.4 is 0 Å². The lowest BCUT2D eigenvalue weighted by atomic mass is 10.1. The van der Waals surface area contributed by atoms with Gasteiger partial charge in [-0.15, -0.1) is 0 Å². The zero-order valence-electron chi connectivity index (χ0n) is 15.4. The number of hydrogen-bond acceptors (Lipinski definition) is 5. The van der Waals surface area contributed by atoms with Gasteiger partial charge in [0.05, 0.1) is 24.5 Å². The Hall–Kier alpha value is -2.81. The first-order valence-electron chi connectivity index (χ1n) is 8.64. The second-order valence-corrected chi connectivity index (χ2v) is 6.71. The van der Waals surface area contributed by atoms with E-state index in [1.807, 2.05) is 0 Å². The van der Waals surface area contributed by atoms with Gasteiger partial charge >= 0.3 is 12.3 Å². The van der Waals surface area contributed by atoms with Crippen LogP contribution in [0.4, 0.5) is 18.0 Å². The van der Waals surface area contributed by atoms with Crippen LogP contribution in [0.5, 0.6) is 0 Å². The summed E-state index contributed by atoms with van der Waals surface area (Å²) in [5.74, 6) is 0. The Balaban J connectivity index is 1.67. The van der Waals surface area contributed by atoms with Gasteiger partial charge in [0.25, 0.3) is 0 Å². The Morgan fingerprint density at radius 3 is 2.83 bits per heavy atom. The smallest absolute Gasteiger partial charge is 0.433 e. The predicted octanol–water partition coefficient (Wildman–Crippen LogP) is 4.65. The third-order valence-corrected chi connectivity index (χ3v) is 4.55. The molecular weight excluding hydrogens is 411 g/mol. The third-order valence-electron chi connectivity index (χ3n) is 4.18. The Bertz CT molecular complexity index is 934. The molecule has 1 amide bonds. The van der Waals surface area contributed by atoms with Crippen molar-refractivity contribution in [2.75, 3.05) is 13.2 Å². The minimum atomic E-state index is -4.52. The van der Waals surface area contributed by atoms with E-state index in [1.165, 1.54) is 17.0 Å². The molecule has 0 N–H and O–H groups in total. The highest BCUT2D eigenvalue weighted by atomic mass is 35.5. The quantitative estimate of drug-likeness (QED) is 0.497. The Morgan fingerprint density at radius 1 is 1.34 bits per heavy atom. The SMILES string of the molecule is CC(=NOCc1cccc(C(F)(F)F)n1)c1ccc(Cl)c(CN2CCOC2=O)c1. The molecule has 2 heterocycles. The van der Waals surface area contributed by atoms with Crippen LogP contribution in [-0.4, -0.2) is 34.8 Å². The molecule has 0 spiro atoms. The number of benzene rings is 1. The van der Waals surface area contributed by atoms with Crippen molar-refractivity contribution in [3.63, 3.8) is 0 Å². The molecule has 6 nitrogen and oxygen atoms in total. The Morgan fingerprint density at radius 2 is 2.14 bits per heavy atom. The fraction of sp³-hybridized carbons (Fsp3) is 0.316. The predicted molar refractivity (Wildman–Crippen MR) is 99.4 cm³/mol. The fourth-order valence-electron chi connectivity index (χ4n) is 2.66. The molecule has 1 aliphatic heterocycles. The number of carbonyl (C=O) groups excluding carboxylic acids is 1. The Kier molecular flexibility index (Phi) is 6.26. The first kappa shape index (κ1) is 20.9. The summed E-state index contributed by atoms with van der Waals surface area (Å²) in [6, 6.07) is 8.78. The van der Waals surface area contributed by atoms with Crippen molar-refractivity contribution >= 4 is 23.4 Å². The van der Waals surface area contributed by atoms with E-state index in [4.69, 9.17) is 21.2 Å². The second kappa shape index (κ2) is 8.69. The molecule has 0 radical (unpaired) electrons. The van der Waals surface area contributed by atoms with E-state index < -0.39 is 18.0 Å². The number of oxime groups is 1. The number of alkyl halides is 3. The van der Waals surface area contributed by atoms with Gasteiger partial charge < -0.3 is 14.5 Å². The van der Waals surface area contributed by atoms with Crippen LogP contribution in [0.1, 0.15) is 29.4 Å². The number of halogens is 4. The minimum absolute atomic E-state index is 0.112. The summed E-state index contributed by atoms with van der Waals surface area (Å²) in [5, 5.41) is 4.44. The van der Waals surface area contributed by atoms with E-state index in [1.54, 1.807) is 25.1 Å². The zero-order valence-corrected chi connectivity index (χ0v) is 16.1. The van der Waals surface area contributed by atoms with Gasteiger partial charge in [0, 0.05) is 5.02 Å². The molecule has 0 saturated carbocycles. The first-order chi connectivity index (χ1) is 13.7. The van der Waals surface area contributed by atoms with E-state index in [0.717, 1.165) is 11.6 Å². The van der Waals surface area contributed by atoms with Gasteiger partial charge in [0.15, 0.2) is 6.61 Å². The van der Waals surface area contributed by atoms with E-state index in [-0.39, 0.29) is 12.3 Å². The van der Waals surface area contributed by atoms with Crippen molar-refractivity contribution in [2.24, 2.45) is 5.16 Å². The molecule has 1 saturated heterocycles. The van der Waals surface area contributed by atoms with Gasteiger partial charge in [-0.05, 0) is 42.3 Å². The van der Waals surface area contributed by atoms with Gasteiger partial charge in [-0.2, -0.15) is 13.2 Å². The molecule has 1 aliphatic rings. The van der Waals surface area contributed by atoms with E-state index >= 15 is 0 Å². The largest absolute Gasteiger partial charge is 0.448 e. The maximum atomic E-state index is 12.7. The lowest BCUT2D eigenvalue weighted by molar-refractivity contribution is -0.141. The average molecular weight is 428 g/mol. The molecule has 0 unspecified atom stereocenters. The molecule has 0 bridgehead atoms. The lowest BCUT2D eigenvalue weighted by Crippen LogP contribution is -2.23. The fourth-order valence-corrected chi connectivity index (χ4v) is 2.84. The number of ether oxygens (including phenoxy) is 1. The summed E-state index contributed by atoms with van der Waals surface area (Å²) < 4.78 is 43.0. The summed E-state index contributed by atoms with van der Waals surface area (Å²) in [6.45, 7) is 2.61. The summed E-state index contributed by atoms with van der Waals surface area (Å²) >= 11 is 6.21. The van der Waals surface area contributed by atoms with Crippen molar-refractivity contribution in [3.05, 3.63) is 63.9 Å². The lowest BCUT2D eigenvalue weighted by Gasteiger charge is -2.14. The topological polar surface area (TPSA) is 64.0 Å². The highest BCUT2D eigenvalue weighted by Crippen LogP contribution is 2.27. The molecule has 3 rings (SSSR count). The van der Waals surface area contributed by atoms with Crippen molar-refractivity contribution in [1.29, 1.82) is 0 Å². The molecule has 29 heavy (non-hydrogen) atoms.